The van der Waals surface area contributed by atoms with Gasteiger partial charge < -0.3 is 9.72 Å². The third-order valence-corrected chi connectivity index (χ3v) is 1.81. The lowest BCUT2D eigenvalue weighted by Gasteiger charge is -1.96. The lowest BCUT2D eigenvalue weighted by Crippen LogP contribution is -1.96. The van der Waals surface area contributed by atoms with Gasteiger partial charge in [-0.25, -0.2) is 9.78 Å². The number of carbonyl (C=O) groups excluding carboxylic acids is 1. The van der Waals surface area contributed by atoms with Crippen LogP contribution in [-0.2, 0) is 4.74 Å². The maximum absolute atomic E-state index is 10.9. The number of hydrogen-bond acceptors (Lipinski definition) is 4. The molecule has 0 radical (unpaired) electrons. The monoisotopic (exact) mass is 186 g/mol. The predicted molar refractivity (Wildman–Crippen MR) is 46.2 cm³/mol. The third kappa shape index (κ3) is 2.58. The molecule has 4 nitrogen and oxygen atoms in total. The molecule has 0 atom stereocenters. The van der Waals surface area contributed by atoms with Gasteiger partial charge in [0.2, 0.25) is 0 Å². The van der Waals surface area contributed by atoms with Gasteiger partial charge in [-0.05, 0) is 13.8 Å². The largest absolute Gasteiger partial charge is 0.458 e. The molecule has 0 aliphatic heterocycles. The average molecular weight is 186 g/mol. The van der Waals surface area contributed by atoms with Crippen LogP contribution in [0.2, 0.25) is 0 Å². The van der Waals surface area contributed by atoms with Gasteiger partial charge in [-0.15, -0.1) is 0 Å². The number of aromatic nitrogens is 2. The van der Waals surface area contributed by atoms with Gasteiger partial charge in [-0.3, -0.25) is 0 Å². The third-order valence-electron chi connectivity index (χ3n) is 1.12. The van der Waals surface area contributed by atoms with Crippen LogP contribution < -0.4 is 0 Å². The van der Waals surface area contributed by atoms with Gasteiger partial charge in [0.1, 0.15) is 0 Å². The minimum Gasteiger partial charge on any atom is -0.458 e. The fourth-order valence-corrected chi connectivity index (χ4v) is 1.32. The van der Waals surface area contributed by atoms with Crippen LogP contribution in [0.15, 0.2) is 11.4 Å². The van der Waals surface area contributed by atoms with E-state index < -0.39 is 0 Å². The Morgan fingerprint density at radius 1 is 1.83 bits per heavy atom. The molecule has 0 fully saturated rings. The van der Waals surface area contributed by atoms with Crippen molar-refractivity contribution in [2.24, 2.45) is 0 Å². The SMILES string of the molecule is CCOC(=O)Sc1ncc(C)[nH]1. The highest BCUT2D eigenvalue weighted by Crippen LogP contribution is 2.15. The average Bonchev–Trinajstić information content (AvgIpc) is 2.36. The van der Waals surface area contributed by atoms with Crippen molar-refractivity contribution in [1.82, 2.24) is 9.97 Å². The first-order valence-corrected chi connectivity index (χ1v) is 4.40. The van der Waals surface area contributed by atoms with Crippen LogP contribution in [-0.4, -0.2) is 21.9 Å². The van der Waals surface area contributed by atoms with Crippen LogP contribution in [0.25, 0.3) is 0 Å². The van der Waals surface area contributed by atoms with Crippen LogP contribution in [0.3, 0.4) is 0 Å². The fourth-order valence-electron chi connectivity index (χ4n) is 0.667. The molecule has 0 saturated carbocycles. The zero-order chi connectivity index (χ0) is 8.97. The van der Waals surface area contributed by atoms with E-state index in [0.717, 1.165) is 17.5 Å². The van der Waals surface area contributed by atoms with E-state index in [-0.39, 0.29) is 5.30 Å². The van der Waals surface area contributed by atoms with Gasteiger partial charge in [0.15, 0.2) is 5.16 Å². The van der Waals surface area contributed by atoms with Crippen LogP contribution in [0, 0.1) is 6.92 Å². The highest BCUT2D eigenvalue weighted by atomic mass is 32.2. The van der Waals surface area contributed by atoms with Gasteiger partial charge in [-0.1, -0.05) is 0 Å². The van der Waals surface area contributed by atoms with E-state index in [1.54, 1.807) is 13.1 Å². The number of aromatic amines is 1. The molecular weight excluding hydrogens is 176 g/mol. The van der Waals surface area contributed by atoms with Crippen molar-refractivity contribution in [3.8, 4) is 0 Å². The Morgan fingerprint density at radius 3 is 3.08 bits per heavy atom. The summed E-state index contributed by atoms with van der Waals surface area (Å²) in [6.07, 6.45) is 1.67. The number of H-pyrrole nitrogens is 1. The Morgan fingerprint density at radius 2 is 2.58 bits per heavy atom. The molecule has 12 heavy (non-hydrogen) atoms. The van der Waals surface area contributed by atoms with Crippen molar-refractivity contribution in [2.75, 3.05) is 6.61 Å². The second-order valence-electron chi connectivity index (χ2n) is 2.16. The number of hydrogen-bond donors (Lipinski definition) is 1. The van der Waals surface area contributed by atoms with E-state index in [9.17, 15) is 4.79 Å². The molecule has 0 unspecified atom stereocenters. The van der Waals surface area contributed by atoms with Crippen LogP contribution >= 0.6 is 11.8 Å². The van der Waals surface area contributed by atoms with Gasteiger partial charge in [0.25, 0.3) is 0 Å². The number of aryl methyl sites for hydroxylation is 1. The summed E-state index contributed by atoms with van der Waals surface area (Å²) in [7, 11) is 0. The summed E-state index contributed by atoms with van der Waals surface area (Å²) < 4.78 is 4.72. The zero-order valence-corrected chi connectivity index (χ0v) is 7.77. The molecule has 1 N–H and O–H groups in total. The summed E-state index contributed by atoms with van der Waals surface area (Å²) in [5, 5.41) is 0.248. The van der Waals surface area contributed by atoms with E-state index >= 15 is 0 Å². The molecule has 0 bridgehead atoms. The van der Waals surface area contributed by atoms with Gasteiger partial charge in [0.05, 0.1) is 6.61 Å². The van der Waals surface area contributed by atoms with E-state index in [2.05, 4.69) is 9.97 Å². The lowest BCUT2D eigenvalue weighted by atomic mass is 10.6. The molecule has 1 heterocycles. The second kappa shape index (κ2) is 4.15. The zero-order valence-electron chi connectivity index (χ0n) is 6.96. The summed E-state index contributed by atoms with van der Waals surface area (Å²) in [6.45, 7) is 4.04. The van der Waals surface area contributed by atoms with Crippen molar-refractivity contribution in [3.63, 3.8) is 0 Å². The molecule has 1 rings (SSSR count). The number of ether oxygens (including phenoxy) is 1. The highest BCUT2D eigenvalue weighted by molar-refractivity contribution is 8.13. The maximum atomic E-state index is 10.9. The molecule has 0 aliphatic carbocycles. The molecule has 5 heteroatoms. The first kappa shape index (κ1) is 9.12. The first-order chi connectivity index (χ1) is 5.72. The molecular formula is C7H10N2O2S. The first-order valence-electron chi connectivity index (χ1n) is 3.58. The molecule has 0 saturated heterocycles. The number of thioether (sulfide) groups is 1. The Kier molecular flexibility index (Phi) is 3.16. The van der Waals surface area contributed by atoms with E-state index in [1.165, 1.54) is 0 Å². The van der Waals surface area contributed by atoms with Crippen molar-refractivity contribution < 1.29 is 9.53 Å². The van der Waals surface area contributed by atoms with E-state index in [4.69, 9.17) is 4.74 Å². The quantitative estimate of drug-likeness (QED) is 0.566. The normalized spacial score (nSPS) is 9.83. The summed E-state index contributed by atoms with van der Waals surface area (Å²) >= 11 is 0.961. The molecule has 1 aromatic rings. The van der Waals surface area contributed by atoms with E-state index in [1.807, 2.05) is 6.92 Å². The van der Waals surface area contributed by atoms with Crippen molar-refractivity contribution in [3.05, 3.63) is 11.9 Å². The van der Waals surface area contributed by atoms with Crippen LogP contribution in [0.1, 0.15) is 12.6 Å². The number of nitrogens with one attached hydrogen (secondary N) is 1. The number of nitrogens with zero attached hydrogens (tertiary/aromatic N) is 1. The van der Waals surface area contributed by atoms with Gasteiger partial charge in [0, 0.05) is 23.7 Å². The van der Waals surface area contributed by atoms with Crippen LogP contribution in [0.5, 0.6) is 0 Å². The molecule has 0 spiro atoms. The molecule has 66 valence electrons. The van der Waals surface area contributed by atoms with E-state index in [0.29, 0.717) is 11.8 Å². The maximum Gasteiger partial charge on any atom is 0.375 e. The van der Waals surface area contributed by atoms with Gasteiger partial charge in [-0.2, -0.15) is 0 Å². The Labute approximate surface area is 74.7 Å². The summed E-state index contributed by atoms with van der Waals surface area (Å²) in [4.78, 5) is 17.8. The number of imidazole rings is 1. The molecule has 1 aromatic heterocycles. The fraction of sp³-hybridized carbons (Fsp3) is 0.429. The Balaban J connectivity index is 2.46. The minimum absolute atomic E-state index is 0.327. The standard InChI is InChI=1S/C7H10N2O2S/c1-3-11-7(10)12-6-8-4-5(2)9-6/h4H,3H2,1-2H3,(H,8,9). The lowest BCUT2D eigenvalue weighted by molar-refractivity contribution is 0.181. The van der Waals surface area contributed by atoms with Crippen LogP contribution in [0.4, 0.5) is 4.79 Å². The molecule has 0 aliphatic rings. The topological polar surface area (TPSA) is 55.0 Å². The van der Waals surface area contributed by atoms with Crippen molar-refractivity contribution in [1.29, 1.82) is 0 Å². The highest BCUT2D eigenvalue weighted by Gasteiger charge is 2.06. The second-order valence-corrected chi connectivity index (χ2v) is 3.08. The molecule has 0 amide bonds. The number of carbonyl (C=O) groups is 1. The molecule has 0 aromatic carbocycles. The predicted octanol–water partition coefficient (Wildman–Crippen LogP) is 1.97. The Bertz CT molecular complexity index is 272. The van der Waals surface area contributed by atoms with Crippen molar-refractivity contribution >= 4 is 17.1 Å². The smallest absolute Gasteiger partial charge is 0.375 e. The summed E-state index contributed by atoms with van der Waals surface area (Å²) in [5.41, 5.74) is 0.932. The summed E-state index contributed by atoms with van der Waals surface area (Å²) in [6, 6.07) is 0. The van der Waals surface area contributed by atoms with Crippen molar-refractivity contribution in [2.45, 2.75) is 19.0 Å². The number of rotatable bonds is 2. The van der Waals surface area contributed by atoms with Gasteiger partial charge >= 0.3 is 5.30 Å². The Hall–Kier alpha value is -0.970. The summed E-state index contributed by atoms with van der Waals surface area (Å²) in [5.74, 6) is 0. The minimum atomic E-state index is -0.327.